The minimum absolute atomic E-state index is 0.121. The molecule has 0 bridgehead atoms. The van der Waals surface area contributed by atoms with E-state index in [0.29, 0.717) is 19.4 Å². The van der Waals surface area contributed by atoms with Gasteiger partial charge in [0.1, 0.15) is 0 Å². The van der Waals surface area contributed by atoms with Crippen LogP contribution in [0.2, 0.25) is 0 Å². The van der Waals surface area contributed by atoms with Gasteiger partial charge in [-0.25, -0.2) is 9.90 Å². The Bertz CT molecular complexity index is 189. The quantitative estimate of drug-likeness (QED) is 0.437. The normalized spacial score (nSPS) is 9.93. The SMILES string of the molecule is CCCC(=O)OCCCCCCC([O])=O. The predicted octanol–water partition coefficient (Wildman–Crippen LogP) is 2.24. The Morgan fingerprint density at radius 2 is 1.67 bits per heavy atom. The highest BCUT2D eigenvalue weighted by Crippen LogP contribution is 2.03. The van der Waals surface area contributed by atoms with Crippen LogP contribution in [0.4, 0.5) is 0 Å². The zero-order valence-electron chi connectivity index (χ0n) is 9.29. The summed E-state index contributed by atoms with van der Waals surface area (Å²) in [4.78, 5) is 21.0. The first-order valence-corrected chi connectivity index (χ1v) is 5.52. The van der Waals surface area contributed by atoms with E-state index in [-0.39, 0.29) is 12.4 Å². The van der Waals surface area contributed by atoms with Gasteiger partial charge in [-0.3, -0.25) is 4.79 Å². The van der Waals surface area contributed by atoms with E-state index in [4.69, 9.17) is 4.74 Å². The Kier molecular flexibility index (Phi) is 8.82. The summed E-state index contributed by atoms with van der Waals surface area (Å²) in [6.07, 6.45) is 4.60. The largest absolute Gasteiger partial charge is 0.466 e. The second-order valence-electron chi connectivity index (χ2n) is 3.51. The molecule has 87 valence electrons. The van der Waals surface area contributed by atoms with Gasteiger partial charge >= 0.3 is 11.9 Å². The molecule has 0 aromatic rings. The molecule has 0 unspecified atom stereocenters. The molecule has 0 saturated carbocycles. The number of esters is 1. The Morgan fingerprint density at radius 3 is 2.27 bits per heavy atom. The molecule has 0 atom stereocenters. The third-order valence-electron chi connectivity index (χ3n) is 1.99. The van der Waals surface area contributed by atoms with Gasteiger partial charge in [0.05, 0.1) is 13.0 Å². The molecule has 0 saturated heterocycles. The van der Waals surface area contributed by atoms with Crippen LogP contribution in [0, 0.1) is 0 Å². The van der Waals surface area contributed by atoms with Gasteiger partial charge < -0.3 is 4.74 Å². The average molecular weight is 215 g/mol. The van der Waals surface area contributed by atoms with Crippen molar-refractivity contribution in [3.8, 4) is 0 Å². The van der Waals surface area contributed by atoms with Crippen molar-refractivity contribution in [3.63, 3.8) is 0 Å². The van der Waals surface area contributed by atoms with E-state index < -0.39 is 5.97 Å². The summed E-state index contributed by atoms with van der Waals surface area (Å²) < 4.78 is 4.94. The molecule has 1 radical (unpaired) electrons. The lowest BCUT2D eigenvalue weighted by molar-refractivity contribution is -0.144. The maximum atomic E-state index is 10.9. The van der Waals surface area contributed by atoms with Gasteiger partial charge in [0.2, 0.25) is 0 Å². The molecule has 0 aromatic heterocycles. The lowest BCUT2D eigenvalue weighted by Gasteiger charge is -2.03. The Balaban J connectivity index is 3.11. The topological polar surface area (TPSA) is 63.3 Å². The highest BCUT2D eigenvalue weighted by molar-refractivity contribution is 5.69. The van der Waals surface area contributed by atoms with E-state index in [0.717, 1.165) is 25.7 Å². The van der Waals surface area contributed by atoms with Gasteiger partial charge in [0, 0.05) is 6.42 Å². The molecule has 15 heavy (non-hydrogen) atoms. The minimum Gasteiger partial charge on any atom is -0.466 e. The van der Waals surface area contributed by atoms with Crippen molar-refractivity contribution >= 4 is 11.9 Å². The summed E-state index contributed by atoms with van der Waals surface area (Å²) in [7, 11) is 0. The van der Waals surface area contributed by atoms with Crippen LogP contribution in [-0.4, -0.2) is 18.5 Å². The zero-order chi connectivity index (χ0) is 11.5. The van der Waals surface area contributed by atoms with Crippen LogP contribution in [0.15, 0.2) is 0 Å². The van der Waals surface area contributed by atoms with Crippen molar-refractivity contribution in [1.29, 1.82) is 0 Å². The Hall–Kier alpha value is -1.06. The number of ether oxygens (including phenoxy) is 1. The molecule has 0 heterocycles. The molecule has 0 rings (SSSR count). The molecule has 0 aromatic carbocycles. The fraction of sp³-hybridized carbons (Fsp3) is 0.818. The van der Waals surface area contributed by atoms with Gasteiger partial charge in [-0.15, -0.1) is 0 Å². The first kappa shape index (κ1) is 13.9. The van der Waals surface area contributed by atoms with Gasteiger partial charge in [-0.05, 0) is 19.3 Å². The summed E-state index contributed by atoms with van der Waals surface area (Å²) in [5.74, 6) is -1.14. The molecule has 0 spiro atoms. The van der Waals surface area contributed by atoms with Gasteiger partial charge in [-0.1, -0.05) is 19.8 Å². The van der Waals surface area contributed by atoms with Crippen molar-refractivity contribution < 1.29 is 19.4 Å². The third-order valence-corrected chi connectivity index (χ3v) is 1.99. The third kappa shape index (κ3) is 10.9. The Labute approximate surface area is 90.6 Å². The predicted molar refractivity (Wildman–Crippen MR) is 54.6 cm³/mol. The lowest BCUT2D eigenvalue weighted by Crippen LogP contribution is -2.04. The monoisotopic (exact) mass is 215 g/mol. The van der Waals surface area contributed by atoms with Crippen molar-refractivity contribution in [1.82, 2.24) is 0 Å². The maximum absolute atomic E-state index is 10.9. The number of carbonyl (C=O) groups excluding carboxylic acids is 2. The first-order valence-electron chi connectivity index (χ1n) is 5.52. The molecule has 4 nitrogen and oxygen atoms in total. The van der Waals surface area contributed by atoms with Crippen molar-refractivity contribution in [3.05, 3.63) is 0 Å². The van der Waals surface area contributed by atoms with E-state index in [1.54, 1.807) is 0 Å². The van der Waals surface area contributed by atoms with Crippen LogP contribution < -0.4 is 0 Å². The number of hydrogen-bond donors (Lipinski definition) is 0. The molecular weight excluding hydrogens is 196 g/mol. The molecule has 0 amide bonds. The standard InChI is InChI=1S/C11H19O4/c1-2-7-11(14)15-9-6-4-3-5-8-10(12)13/h2-9H2,1H3. The first-order chi connectivity index (χ1) is 7.16. The van der Waals surface area contributed by atoms with E-state index in [1.807, 2.05) is 6.92 Å². The maximum Gasteiger partial charge on any atom is 0.355 e. The second kappa shape index (κ2) is 9.49. The number of hydrogen-bond acceptors (Lipinski definition) is 3. The van der Waals surface area contributed by atoms with E-state index in [1.165, 1.54) is 0 Å². The minimum atomic E-state index is -0.996. The van der Waals surface area contributed by atoms with Crippen LogP contribution in [0.3, 0.4) is 0 Å². The van der Waals surface area contributed by atoms with Gasteiger partial charge in [0.15, 0.2) is 0 Å². The lowest BCUT2D eigenvalue weighted by atomic mass is 10.1. The van der Waals surface area contributed by atoms with Crippen LogP contribution in [0.5, 0.6) is 0 Å². The fourth-order valence-corrected chi connectivity index (χ4v) is 1.19. The van der Waals surface area contributed by atoms with Gasteiger partial charge in [-0.2, -0.15) is 0 Å². The van der Waals surface area contributed by atoms with E-state index in [2.05, 4.69) is 0 Å². The zero-order valence-corrected chi connectivity index (χ0v) is 9.29. The molecule has 0 fully saturated rings. The van der Waals surface area contributed by atoms with Crippen molar-refractivity contribution in [2.24, 2.45) is 0 Å². The average Bonchev–Trinajstić information content (AvgIpc) is 2.16. The van der Waals surface area contributed by atoms with Crippen LogP contribution in [-0.2, 0) is 19.4 Å². The molecule has 0 aliphatic carbocycles. The van der Waals surface area contributed by atoms with Crippen LogP contribution >= 0.6 is 0 Å². The summed E-state index contributed by atoms with van der Waals surface area (Å²) in [6.45, 7) is 2.38. The van der Waals surface area contributed by atoms with E-state index in [9.17, 15) is 14.7 Å². The highest BCUT2D eigenvalue weighted by Gasteiger charge is 2.01. The van der Waals surface area contributed by atoms with Gasteiger partial charge in [0.25, 0.3) is 0 Å². The summed E-state index contributed by atoms with van der Waals surface area (Å²) >= 11 is 0. The summed E-state index contributed by atoms with van der Waals surface area (Å²) in [5.41, 5.74) is 0. The molecule has 0 aliphatic rings. The number of unbranched alkanes of at least 4 members (excludes halogenated alkanes) is 3. The molecule has 0 N–H and O–H groups in total. The molecular formula is C11H19O4. The fourth-order valence-electron chi connectivity index (χ4n) is 1.19. The Morgan fingerprint density at radius 1 is 1.00 bits per heavy atom. The second-order valence-corrected chi connectivity index (χ2v) is 3.51. The van der Waals surface area contributed by atoms with Crippen LogP contribution in [0.1, 0.15) is 51.9 Å². The molecule has 4 heteroatoms. The number of rotatable bonds is 9. The van der Waals surface area contributed by atoms with Crippen LogP contribution in [0.25, 0.3) is 0 Å². The number of carbonyl (C=O) groups is 2. The summed E-state index contributed by atoms with van der Waals surface area (Å²) in [6, 6.07) is 0. The smallest absolute Gasteiger partial charge is 0.355 e. The van der Waals surface area contributed by atoms with Crippen molar-refractivity contribution in [2.75, 3.05) is 6.61 Å². The highest BCUT2D eigenvalue weighted by atomic mass is 16.5. The van der Waals surface area contributed by atoms with Crippen molar-refractivity contribution in [2.45, 2.75) is 51.9 Å². The van der Waals surface area contributed by atoms with E-state index >= 15 is 0 Å². The summed E-state index contributed by atoms with van der Waals surface area (Å²) in [5, 5.41) is 10.1. The molecule has 0 aliphatic heterocycles.